The molecule has 0 radical (unpaired) electrons. The summed E-state index contributed by atoms with van der Waals surface area (Å²) in [5.41, 5.74) is 2.25. The highest BCUT2D eigenvalue weighted by atomic mass is 32.1. The molecule has 1 N–H and O–H groups in total. The molecule has 2 aromatic rings. The van der Waals surface area contributed by atoms with Crippen molar-refractivity contribution in [2.75, 3.05) is 20.8 Å². The summed E-state index contributed by atoms with van der Waals surface area (Å²) in [6, 6.07) is 5.99. The molecule has 1 heterocycles. The maximum absolute atomic E-state index is 5.45. The predicted molar refractivity (Wildman–Crippen MR) is 83.9 cm³/mol. The van der Waals surface area contributed by atoms with Gasteiger partial charge in [-0.3, -0.25) is 0 Å². The Hall–Kier alpha value is -1.33. The van der Waals surface area contributed by atoms with Crippen LogP contribution in [0.5, 0.6) is 5.75 Å². The van der Waals surface area contributed by atoms with E-state index in [1.165, 1.54) is 0 Å². The van der Waals surface area contributed by atoms with Gasteiger partial charge in [-0.25, -0.2) is 0 Å². The van der Waals surface area contributed by atoms with Crippen LogP contribution in [0.3, 0.4) is 0 Å². The number of imidazole rings is 1. The third kappa shape index (κ3) is 3.22. The zero-order valence-corrected chi connectivity index (χ0v) is 13.3. The number of ether oxygens (including phenoxy) is 2. The zero-order chi connectivity index (χ0) is 14.8. The molecule has 1 aromatic heterocycles. The van der Waals surface area contributed by atoms with E-state index >= 15 is 0 Å². The van der Waals surface area contributed by atoms with Crippen LogP contribution < -0.4 is 4.74 Å². The predicted octanol–water partition coefficient (Wildman–Crippen LogP) is 3.77. The number of benzene rings is 1. The lowest BCUT2D eigenvalue weighted by Crippen LogP contribution is -2.21. The molecule has 0 saturated carbocycles. The maximum atomic E-state index is 5.45. The van der Waals surface area contributed by atoms with Crippen molar-refractivity contribution in [2.24, 2.45) is 5.41 Å². The number of hydrogen-bond donors (Lipinski definition) is 1. The summed E-state index contributed by atoms with van der Waals surface area (Å²) in [7, 11) is 3.40. The van der Waals surface area contributed by atoms with Crippen molar-refractivity contribution in [3.8, 4) is 5.75 Å². The average Bonchev–Trinajstić information content (AvgIpc) is 2.71. The van der Waals surface area contributed by atoms with Crippen molar-refractivity contribution in [3.05, 3.63) is 23.0 Å². The molecule has 0 fully saturated rings. The average molecular weight is 294 g/mol. The molecule has 110 valence electrons. The summed E-state index contributed by atoms with van der Waals surface area (Å²) in [6.07, 6.45) is 0.994. The van der Waals surface area contributed by atoms with Crippen LogP contribution in [-0.2, 0) is 11.3 Å². The second kappa shape index (κ2) is 5.97. The lowest BCUT2D eigenvalue weighted by Gasteiger charge is -2.25. The molecule has 0 aliphatic heterocycles. The van der Waals surface area contributed by atoms with Crippen LogP contribution >= 0.6 is 12.2 Å². The minimum absolute atomic E-state index is 0.128. The summed E-state index contributed by atoms with van der Waals surface area (Å²) >= 11 is 5.45. The van der Waals surface area contributed by atoms with E-state index in [0.29, 0.717) is 0 Å². The van der Waals surface area contributed by atoms with Crippen molar-refractivity contribution in [1.29, 1.82) is 0 Å². The van der Waals surface area contributed by atoms with Gasteiger partial charge < -0.3 is 19.0 Å². The van der Waals surface area contributed by atoms with Crippen LogP contribution in [-0.4, -0.2) is 30.4 Å². The number of nitrogens with one attached hydrogen (secondary N) is 1. The van der Waals surface area contributed by atoms with Crippen LogP contribution in [0.4, 0.5) is 0 Å². The van der Waals surface area contributed by atoms with E-state index in [0.717, 1.165) is 41.1 Å². The minimum Gasteiger partial charge on any atom is -0.497 e. The fourth-order valence-electron chi connectivity index (χ4n) is 2.31. The first kappa shape index (κ1) is 15.1. The number of fused-ring (bicyclic) bond motifs is 1. The van der Waals surface area contributed by atoms with Gasteiger partial charge in [0.1, 0.15) is 5.75 Å². The van der Waals surface area contributed by atoms with Gasteiger partial charge in [-0.05, 0) is 36.2 Å². The first-order valence-electron chi connectivity index (χ1n) is 6.72. The highest BCUT2D eigenvalue weighted by Crippen LogP contribution is 2.27. The third-order valence-electron chi connectivity index (χ3n) is 3.55. The lowest BCUT2D eigenvalue weighted by atomic mass is 9.89. The van der Waals surface area contributed by atoms with Crippen LogP contribution in [0.2, 0.25) is 0 Å². The van der Waals surface area contributed by atoms with Crippen LogP contribution in [0.25, 0.3) is 11.0 Å². The van der Waals surface area contributed by atoms with Gasteiger partial charge in [0.2, 0.25) is 0 Å². The summed E-state index contributed by atoms with van der Waals surface area (Å²) in [6.45, 7) is 6.09. The monoisotopic (exact) mass is 294 g/mol. The zero-order valence-electron chi connectivity index (χ0n) is 12.5. The Bertz CT molecular complexity index is 643. The Morgan fingerprint density at radius 1 is 1.30 bits per heavy atom. The Morgan fingerprint density at radius 3 is 2.70 bits per heavy atom. The molecule has 4 nitrogen and oxygen atoms in total. The fourth-order valence-corrected chi connectivity index (χ4v) is 2.58. The van der Waals surface area contributed by atoms with Crippen molar-refractivity contribution in [1.82, 2.24) is 9.55 Å². The van der Waals surface area contributed by atoms with Crippen molar-refractivity contribution < 1.29 is 9.47 Å². The molecular weight excluding hydrogens is 272 g/mol. The van der Waals surface area contributed by atoms with Gasteiger partial charge in [-0.2, -0.15) is 0 Å². The van der Waals surface area contributed by atoms with Crippen molar-refractivity contribution >= 4 is 23.3 Å². The summed E-state index contributed by atoms with van der Waals surface area (Å²) in [5, 5.41) is 0. The number of aromatic amines is 1. The largest absolute Gasteiger partial charge is 0.497 e. The smallest absolute Gasteiger partial charge is 0.178 e. The maximum Gasteiger partial charge on any atom is 0.178 e. The highest BCUT2D eigenvalue weighted by molar-refractivity contribution is 7.71. The summed E-state index contributed by atoms with van der Waals surface area (Å²) in [4.78, 5) is 3.25. The summed E-state index contributed by atoms with van der Waals surface area (Å²) < 4.78 is 13.3. The van der Waals surface area contributed by atoms with Gasteiger partial charge in [-0.1, -0.05) is 13.8 Å². The molecule has 0 aliphatic rings. The Balaban J connectivity index is 2.34. The molecule has 1 aromatic carbocycles. The molecule has 20 heavy (non-hydrogen) atoms. The quantitative estimate of drug-likeness (QED) is 0.824. The Morgan fingerprint density at radius 2 is 2.05 bits per heavy atom. The first-order chi connectivity index (χ1) is 9.46. The standard InChI is InChI=1S/C15H22N2O2S/c1-15(2,7-8-18-3)10-17-13-6-5-11(19-4)9-12(13)16-14(17)20/h5-6,9H,7-8,10H2,1-4H3,(H,16,20). The van der Waals surface area contributed by atoms with E-state index in [4.69, 9.17) is 21.7 Å². The van der Waals surface area contributed by atoms with Gasteiger partial charge in [0.25, 0.3) is 0 Å². The van der Waals surface area contributed by atoms with Gasteiger partial charge in [0, 0.05) is 26.3 Å². The van der Waals surface area contributed by atoms with E-state index in [1.807, 2.05) is 18.2 Å². The second-order valence-corrected chi connectivity index (χ2v) is 6.19. The molecule has 0 aliphatic carbocycles. The van der Waals surface area contributed by atoms with Gasteiger partial charge in [-0.15, -0.1) is 0 Å². The molecule has 0 unspecified atom stereocenters. The lowest BCUT2D eigenvalue weighted by molar-refractivity contribution is 0.143. The number of hydrogen-bond acceptors (Lipinski definition) is 3. The topological polar surface area (TPSA) is 39.2 Å². The SMILES string of the molecule is COCCC(C)(C)Cn1c(=S)[nH]c2cc(OC)ccc21. The first-order valence-corrected chi connectivity index (χ1v) is 7.13. The minimum atomic E-state index is 0.128. The molecule has 0 amide bonds. The van der Waals surface area contributed by atoms with Crippen LogP contribution in [0, 0.1) is 10.2 Å². The normalized spacial score (nSPS) is 12.0. The fraction of sp³-hybridized carbons (Fsp3) is 0.533. The molecule has 2 rings (SSSR count). The van der Waals surface area contributed by atoms with E-state index in [-0.39, 0.29) is 5.41 Å². The van der Waals surface area contributed by atoms with Gasteiger partial charge >= 0.3 is 0 Å². The Labute approximate surface area is 124 Å². The van der Waals surface area contributed by atoms with Gasteiger partial charge in [0.15, 0.2) is 4.77 Å². The molecule has 5 heteroatoms. The van der Waals surface area contributed by atoms with Crippen LogP contribution in [0.15, 0.2) is 18.2 Å². The van der Waals surface area contributed by atoms with E-state index in [9.17, 15) is 0 Å². The van der Waals surface area contributed by atoms with Crippen LogP contribution in [0.1, 0.15) is 20.3 Å². The summed E-state index contributed by atoms with van der Waals surface area (Å²) in [5.74, 6) is 0.833. The molecule has 0 saturated heterocycles. The number of H-pyrrole nitrogens is 1. The highest BCUT2D eigenvalue weighted by Gasteiger charge is 2.20. The van der Waals surface area contributed by atoms with Crippen molar-refractivity contribution in [2.45, 2.75) is 26.8 Å². The molecule has 0 spiro atoms. The van der Waals surface area contributed by atoms with E-state index < -0.39 is 0 Å². The number of nitrogens with zero attached hydrogens (tertiary/aromatic N) is 1. The number of rotatable bonds is 6. The molecule has 0 bridgehead atoms. The third-order valence-corrected chi connectivity index (χ3v) is 3.87. The number of methoxy groups -OCH3 is 2. The van der Waals surface area contributed by atoms with Crippen molar-refractivity contribution in [3.63, 3.8) is 0 Å². The molecule has 0 atom stereocenters. The number of aromatic nitrogens is 2. The van der Waals surface area contributed by atoms with Gasteiger partial charge in [0.05, 0.1) is 18.1 Å². The molecular formula is C15H22N2O2S. The second-order valence-electron chi connectivity index (χ2n) is 5.81. The Kier molecular flexibility index (Phi) is 4.50. The van der Waals surface area contributed by atoms with E-state index in [2.05, 4.69) is 23.4 Å². The van der Waals surface area contributed by atoms with E-state index in [1.54, 1.807) is 14.2 Å².